The van der Waals surface area contributed by atoms with Crippen LogP contribution >= 0.6 is 11.3 Å². The molecule has 0 unspecified atom stereocenters. The van der Waals surface area contributed by atoms with Gasteiger partial charge in [0.25, 0.3) is 11.8 Å². The first-order valence-electron chi connectivity index (χ1n) is 4.89. The van der Waals surface area contributed by atoms with E-state index in [1.54, 1.807) is 6.07 Å². The summed E-state index contributed by atoms with van der Waals surface area (Å²) in [4.78, 5) is 22.8. The van der Waals surface area contributed by atoms with Gasteiger partial charge in [-0.25, -0.2) is 0 Å². The van der Waals surface area contributed by atoms with Gasteiger partial charge < -0.3 is 16.6 Å². The Kier molecular flexibility index (Phi) is 4.45. The van der Waals surface area contributed by atoms with Crippen LogP contribution in [-0.4, -0.2) is 23.5 Å². The van der Waals surface area contributed by atoms with Crippen molar-refractivity contribution in [2.75, 3.05) is 6.61 Å². The van der Waals surface area contributed by atoms with E-state index in [1.165, 1.54) is 0 Å². The van der Waals surface area contributed by atoms with E-state index >= 15 is 0 Å². The van der Waals surface area contributed by atoms with Crippen molar-refractivity contribution >= 4 is 23.2 Å². The van der Waals surface area contributed by atoms with E-state index in [4.69, 9.17) is 16.6 Å². The zero-order valence-electron chi connectivity index (χ0n) is 8.73. The molecule has 0 atom stereocenters. The number of aliphatic hydroxyl groups excluding tert-OH is 1. The molecular weight excluding hydrogens is 228 g/mol. The molecule has 0 fully saturated rings. The Hall–Kier alpha value is -1.40. The number of hydrogen-bond acceptors (Lipinski definition) is 4. The van der Waals surface area contributed by atoms with Gasteiger partial charge >= 0.3 is 0 Å². The van der Waals surface area contributed by atoms with E-state index < -0.39 is 11.8 Å². The molecule has 5 nitrogen and oxygen atoms in total. The number of aryl methyl sites for hydroxylation is 1. The summed E-state index contributed by atoms with van der Waals surface area (Å²) in [5, 5.41) is 8.65. The summed E-state index contributed by atoms with van der Waals surface area (Å²) >= 11 is 1.02. The van der Waals surface area contributed by atoms with Crippen LogP contribution in [-0.2, 0) is 6.42 Å². The van der Waals surface area contributed by atoms with Crippen LogP contribution in [0.2, 0.25) is 0 Å². The highest BCUT2D eigenvalue weighted by molar-refractivity contribution is 7.16. The molecule has 88 valence electrons. The largest absolute Gasteiger partial charge is 0.396 e. The molecule has 2 amide bonds. The highest BCUT2D eigenvalue weighted by atomic mass is 32.1. The third kappa shape index (κ3) is 3.04. The minimum absolute atomic E-state index is 0.110. The fraction of sp³-hybridized carbons (Fsp3) is 0.400. The Morgan fingerprint density at radius 1 is 1.25 bits per heavy atom. The second kappa shape index (κ2) is 5.62. The molecule has 5 N–H and O–H groups in total. The standard InChI is InChI=1S/C10H14N2O3S/c11-9(14)7-5-6(3-1-2-4-13)8(16-7)10(12)15/h5,13H,1-4H2,(H2,11,14)(H2,12,15). The number of nitrogens with two attached hydrogens (primary N) is 2. The number of rotatable bonds is 6. The van der Waals surface area contributed by atoms with Crippen molar-refractivity contribution in [3.05, 3.63) is 21.4 Å². The maximum atomic E-state index is 11.1. The second-order valence-electron chi connectivity index (χ2n) is 3.37. The normalized spacial score (nSPS) is 10.3. The molecule has 0 aromatic carbocycles. The van der Waals surface area contributed by atoms with Gasteiger partial charge in [0, 0.05) is 6.61 Å². The molecule has 16 heavy (non-hydrogen) atoms. The lowest BCUT2D eigenvalue weighted by Gasteiger charge is -1.98. The Bertz CT molecular complexity index is 401. The van der Waals surface area contributed by atoms with Crippen molar-refractivity contribution < 1.29 is 14.7 Å². The summed E-state index contributed by atoms with van der Waals surface area (Å²) < 4.78 is 0. The molecule has 1 rings (SSSR count). The number of carbonyl (C=O) groups excluding carboxylic acids is 2. The summed E-state index contributed by atoms with van der Waals surface area (Å²) in [6.45, 7) is 0.110. The van der Waals surface area contributed by atoms with Crippen LogP contribution in [0.3, 0.4) is 0 Å². The fourth-order valence-corrected chi connectivity index (χ4v) is 2.29. The zero-order valence-corrected chi connectivity index (χ0v) is 9.55. The summed E-state index contributed by atoms with van der Waals surface area (Å²) in [6.07, 6.45) is 2.01. The van der Waals surface area contributed by atoms with Crippen molar-refractivity contribution in [1.29, 1.82) is 0 Å². The molecule has 0 saturated carbocycles. The molecule has 1 aromatic rings. The van der Waals surface area contributed by atoms with E-state index in [-0.39, 0.29) is 6.61 Å². The molecule has 6 heteroatoms. The first kappa shape index (κ1) is 12.7. The summed E-state index contributed by atoms with van der Waals surface area (Å²) in [5.41, 5.74) is 11.1. The van der Waals surface area contributed by atoms with E-state index in [9.17, 15) is 9.59 Å². The second-order valence-corrected chi connectivity index (χ2v) is 4.43. The van der Waals surface area contributed by atoms with Crippen molar-refractivity contribution in [2.24, 2.45) is 11.5 Å². The van der Waals surface area contributed by atoms with Crippen LogP contribution < -0.4 is 11.5 Å². The summed E-state index contributed by atoms with van der Waals surface area (Å²) in [5.74, 6) is -1.10. The first-order valence-corrected chi connectivity index (χ1v) is 5.71. The van der Waals surface area contributed by atoms with Gasteiger partial charge in [0.15, 0.2) is 0 Å². The number of unbranched alkanes of at least 4 members (excludes halogenated alkanes) is 1. The Morgan fingerprint density at radius 2 is 1.94 bits per heavy atom. The number of amides is 2. The molecule has 0 bridgehead atoms. The zero-order chi connectivity index (χ0) is 12.1. The van der Waals surface area contributed by atoms with E-state index in [0.717, 1.165) is 23.3 Å². The van der Waals surface area contributed by atoms with Gasteiger partial charge in [-0.15, -0.1) is 11.3 Å². The monoisotopic (exact) mass is 242 g/mol. The fourth-order valence-electron chi connectivity index (χ4n) is 1.37. The molecule has 0 aliphatic carbocycles. The van der Waals surface area contributed by atoms with Gasteiger partial charge in [-0.1, -0.05) is 0 Å². The topological polar surface area (TPSA) is 106 Å². The number of carbonyl (C=O) groups is 2. The predicted molar refractivity (Wildman–Crippen MR) is 61.4 cm³/mol. The highest BCUT2D eigenvalue weighted by Gasteiger charge is 2.15. The highest BCUT2D eigenvalue weighted by Crippen LogP contribution is 2.23. The maximum absolute atomic E-state index is 11.1. The minimum Gasteiger partial charge on any atom is -0.396 e. The van der Waals surface area contributed by atoms with Crippen LogP contribution in [0.4, 0.5) is 0 Å². The van der Waals surface area contributed by atoms with Crippen molar-refractivity contribution in [1.82, 2.24) is 0 Å². The van der Waals surface area contributed by atoms with Gasteiger partial charge in [0.1, 0.15) is 0 Å². The van der Waals surface area contributed by atoms with Gasteiger partial charge in [0.05, 0.1) is 9.75 Å². The van der Waals surface area contributed by atoms with Crippen LogP contribution in [0.15, 0.2) is 6.07 Å². The number of thiophene rings is 1. The molecule has 0 aliphatic heterocycles. The number of hydrogen-bond donors (Lipinski definition) is 3. The predicted octanol–water partition coefficient (Wildman–Crippen LogP) is 0.261. The third-order valence-corrected chi connectivity index (χ3v) is 3.34. The lowest BCUT2D eigenvalue weighted by Crippen LogP contribution is -2.11. The van der Waals surface area contributed by atoms with Gasteiger partial charge in [0.2, 0.25) is 0 Å². The Labute approximate surface area is 97.1 Å². The lowest BCUT2D eigenvalue weighted by molar-refractivity contribution is 0.0996. The van der Waals surface area contributed by atoms with E-state index in [0.29, 0.717) is 22.6 Å². The van der Waals surface area contributed by atoms with Crippen molar-refractivity contribution in [2.45, 2.75) is 19.3 Å². The molecule has 0 radical (unpaired) electrons. The maximum Gasteiger partial charge on any atom is 0.259 e. The van der Waals surface area contributed by atoms with Crippen molar-refractivity contribution in [3.63, 3.8) is 0 Å². The van der Waals surface area contributed by atoms with Gasteiger partial charge in [-0.05, 0) is 30.9 Å². The van der Waals surface area contributed by atoms with Crippen LogP contribution in [0.25, 0.3) is 0 Å². The summed E-state index contributed by atoms with van der Waals surface area (Å²) in [6, 6.07) is 1.60. The Morgan fingerprint density at radius 3 is 2.44 bits per heavy atom. The van der Waals surface area contributed by atoms with Crippen LogP contribution in [0.5, 0.6) is 0 Å². The molecule has 1 heterocycles. The van der Waals surface area contributed by atoms with E-state index in [2.05, 4.69) is 0 Å². The molecule has 1 aromatic heterocycles. The molecular formula is C10H14N2O3S. The average molecular weight is 242 g/mol. The first-order chi connectivity index (χ1) is 7.56. The quantitative estimate of drug-likeness (QED) is 0.623. The molecule has 0 saturated heterocycles. The minimum atomic E-state index is -0.555. The van der Waals surface area contributed by atoms with Gasteiger partial charge in [-0.2, -0.15) is 0 Å². The van der Waals surface area contributed by atoms with Crippen LogP contribution in [0.1, 0.15) is 37.7 Å². The SMILES string of the molecule is NC(=O)c1cc(CCCCO)c(C(N)=O)s1. The summed E-state index contributed by atoms with van der Waals surface area (Å²) in [7, 11) is 0. The van der Waals surface area contributed by atoms with Crippen molar-refractivity contribution in [3.8, 4) is 0 Å². The number of aliphatic hydroxyl groups is 1. The smallest absolute Gasteiger partial charge is 0.259 e. The van der Waals surface area contributed by atoms with E-state index in [1.807, 2.05) is 0 Å². The van der Waals surface area contributed by atoms with Gasteiger partial charge in [-0.3, -0.25) is 9.59 Å². The molecule has 0 aliphatic rings. The lowest BCUT2D eigenvalue weighted by atomic mass is 10.1. The third-order valence-electron chi connectivity index (χ3n) is 2.13. The molecule has 0 spiro atoms. The van der Waals surface area contributed by atoms with Crippen LogP contribution in [0, 0.1) is 0 Å². The number of primary amides is 2. The Balaban J connectivity index is 2.87. The average Bonchev–Trinajstić information content (AvgIpc) is 2.62.